The first kappa shape index (κ1) is 11.4. The Morgan fingerprint density at radius 1 is 1.56 bits per heavy atom. The van der Waals surface area contributed by atoms with Crippen LogP contribution in [-0.2, 0) is 4.74 Å². The van der Waals surface area contributed by atoms with Crippen molar-refractivity contribution in [1.82, 2.24) is 9.38 Å². The fraction of sp³-hybridized carbons (Fsp3) is 0.273. The molecule has 0 saturated heterocycles. The number of hydrogen-bond donors (Lipinski definition) is 0. The van der Waals surface area contributed by atoms with Crippen molar-refractivity contribution in [3.05, 3.63) is 33.9 Å². The molecule has 2 aromatic rings. The van der Waals surface area contributed by atoms with Gasteiger partial charge in [-0.05, 0) is 48.6 Å². The first-order valence-electron chi connectivity index (χ1n) is 4.91. The van der Waals surface area contributed by atoms with E-state index in [0.717, 1.165) is 9.22 Å². The van der Waals surface area contributed by atoms with Crippen LogP contribution in [0.25, 0.3) is 5.52 Å². The second-order valence-electron chi connectivity index (χ2n) is 3.67. The second-order valence-corrected chi connectivity index (χ2v) is 4.69. The van der Waals surface area contributed by atoms with Crippen molar-refractivity contribution < 1.29 is 9.53 Å². The van der Waals surface area contributed by atoms with Gasteiger partial charge in [-0.3, -0.25) is 0 Å². The van der Waals surface area contributed by atoms with Gasteiger partial charge in [-0.25, -0.2) is 9.78 Å². The SMILES string of the molecule is CC(C)OC(=O)c1cccn2cnc(I)c12. The third-order valence-corrected chi connectivity index (χ3v) is 2.87. The Kier molecular flexibility index (Phi) is 3.13. The lowest BCUT2D eigenvalue weighted by Gasteiger charge is -2.08. The van der Waals surface area contributed by atoms with Gasteiger partial charge in [-0.1, -0.05) is 0 Å². The summed E-state index contributed by atoms with van der Waals surface area (Å²) >= 11 is 2.11. The van der Waals surface area contributed by atoms with Crippen LogP contribution < -0.4 is 0 Å². The summed E-state index contributed by atoms with van der Waals surface area (Å²) in [5.41, 5.74) is 1.35. The summed E-state index contributed by atoms with van der Waals surface area (Å²) in [6, 6.07) is 3.56. The second kappa shape index (κ2) is 4.40. The van der Waals surface area contributed by atoms with Crippen LogP contribution in [-0.4, -0.2) is 21.5 Å². The normalized spacial score (nSPS) is 11.0. The lowest BCUT2D eigenvalue weighted by Crippen LogP contribution is -2.12. The Bertz CT molecular complexity index is 534. The predicted octanol–water partition coefficient (Wildman–Crippen LogP) is 2.50. The van der Waals surface area contributed by atoms with Gasteiger partial charge in [0.1, 0.15) is 10.0 Å². The summed E-state index contributed by atoms with van der Waals surface area (Å²) in [5, 5.41) is 0. The number of fused-ring (bicyclic) bond motifs is 1. The van der Waals surface area contributed by atoms with E-state index in [9.17, 15) is 4.79 Å². The molecule has 0 atom stereocenters. The highest BCUT2D eigenvalue weighted by Crippen LogP contribution is 2.18. The molecule has 4 nitrogen and oxygen atoms in total. The van der Waals surface area contributed by atoms with Crippen LogP contribution in [0, 0.1) is 3.70 Å². The van der Waals surface area contributed by atoms with E-state index in [1.807, 2.05) is 30.5 Å². The van der Waals surface area contributed by atoms with E-state index < -0.39 is 0 Å². The first-order valence-corrected chi connectivity index (χ1v) is 5.99. The van der Waals surface area contributed by atoms with Crippen LogP contribution in [0.4, 0.5) is 0 Å². The third kappa shape index (κ3) is 2.04. The van der Waals surface area contributed by atoms with Gasteiger partial charge in [0.2, 0.25) is 0 Å². The van der Waals surface area contributed by atoms with Crippen molar-refractivity contribution in [1.29, 1.82) is 0 Å². The number of hydrogen-bond acceptors (Lipinski definition) is 3. The van der Waals surface area contributed by atoms with E-state index in [4.69, 9.17) is 4.74 Å². The molecule has 0 aliphatic rings. The Balaban J connectivity index is 2.51. The molecular formula is C11H11IN2O2. The van der Waals surface area contributed by atoms with Crippen LogP contribution in [0.5, 0.6) is 0 Å². The van der Waals surface area contributed by atoms with Crippen molar-refractivity contribution in [2.75, 3.05) is 0 Å². The number of esters is 1. The first-order chi connectivity index (χ1) is 7.59. The molecule has 5 heteroatoms. The molecule has 0 saturated carbocycles. The molecule has 0 aliphatic carbocycles. The van der Waals surface area contributed by atoms with Crippen molar-refractivity contribution >= 4 is 34.1 Å². The molecule has 0 spiro atoms. The molecule has 0 fully saturated rings. The van der Waals surface area contributed by atoms with Crippen LogP contribution in [0.2, 0.25) is 0 Å². The number of ether oxygens (including phenoxy) is 1. The molecule has 0 radical (unpaired) electrons. The molecule has 0 unspecified atom stereocenters. The summed E-state index contributed by atoms with van der Waals surface area (Å²) in [6.07, 6.45) is 3.42. The maximum Gasteiger partial charge on any atom is 0.340 e. The van der Waals surface area contributed by atoms with Gasteiger partial charge in [0.15, 0.2) is 0 Å². The van der Waals surface area contributed by atoms with E-state index in [2.05, 4.69) is 27.6 Å². The van der Waals surface area contributed by atoms with Crippen molar-refractivity contribution in [3.63, 3.8) is 0 Å². The number of rotatable bonds is 2. The van der Waals surface area contributed by atoms with Gasteiger partial charge in [0.25, 0.3) is 0 Å². The smallest absolute Gasteiger partial charge is 0.340 e. The van der Waals surface area contributed by atoms with Gasteiger partial charge in [0.05, 0.1) is 17.2 Å². The topological polar surface area (TPSA) is 43.6 Å². The average Bonchev–Trinajstić information content (AvgIpc) is 2.59. The number of pyridine rings is 1. The van der Waals surface area contributed by atoms with Crippen molar-refractivity contribution in [3.8, 4) is 0 Å². The van der Waals surface area contributed by atoms with Gasteiger partial charge >= 0.3 is 5.97 Å². The number of carbonyl (C=O) groups excluding carboxylic acids is 1. The molecular weight excluding hydrogens is 319 g/mol. The third-order valence-electron chi connectivity index (χ3n) is 2.08. The molecule has 0 aromatic carbocycles. The Labute approximate surface area is 107 Å². The number of carbonyl (C=O) groups is 1. The molecule has 2 heterocycles. The number of imidazole rings is 1. The van der Waals surface area contributed by atoms with E-state index in [1.54, 1.807) is 12.4 Å². The highest BCUT2D eigenvalue weighted by molar-refractivity contribution is 14.1. The molecule has 84 valence electrons. The molecule has 0 amide bonds. The summed E-state index contributed by atoms with van der Waals surface area (Å²) in [6.45, 7) is 3.67. The summed E-state index contributed by atoms with van der Waals surface area (Å²) in [7, 11) is 0. The predicted molar refractivity (Wildman–Crippen MR) is 68.5 cm³/mol. The summed E-state index contributed by atoms with van der Waals surface area (Å²) in [4.78, 5) is 16.0. The van der Waals surface area contributed by atoms with E-state index >= 15 is 0 Å². The van der Waals surface area contributed by atoms with E-state index in [0.29, 0.717) is 5.56 Å². The zero-order chi connectivity index (χ0) is 11.7. The molecule has 0 aliphatic heterocycles. The van der Waals surface area contributed by atoms with Crippen molar-refractivity contribution in [2.24, 2.45) is 0 Å². The van der Waals surface area contributed by atoms with Crippen LogP contribution in [0.15, 0.2) is 24.7 Å². The maximum absolute atomic E-state index is 11.9. The van der Waals surface area contributed by atoms with Crippen molar-refractivity contribution in [2.45, 2.75) is 20.0 Å². The highest BCUT2D eigenvalue weighted by atomic mass is 127. The lowest BCUT2D eigenvalue weighted by atomic mass is 10.2. The quantitative estimate of drug-likeness (QED) is 0.628. The zero-order valence-electron chi connectivity index (χ0n) is 8.98. The Morgan fingerprint density at radius 2 is 2.31 bits per heavy atom. The van der Waals surface area contributed by atoms with E-state index in [1.165, 1.54) is 0 Å². The summed E-state index contributed by atoms with van der Waals surface area (Å²) < 4.78 is 7.80. The average molecular weight is 330 g/mol. The summed E-state index contributed by atoms with van der Waals surface area (Å²) in [5.74, 6) is -0.306. The molecule has 0 bridgehead atoms. The highest BCUT2D eigenvalue weighted by Gasteiger charge is 2.15. The monoisotopic (exact) mass is 330 g/mol. The van der Waals surface area contributed by atoms with Crippen LogP contribution >= 0.6 is 22.6 Å². The Morgan fingerprint density at radius 3 is 3.00 bits per heavy atom. The van der Waals surface area contributed by atoms with Gasteiger partial charge in [-0.15, -0.1) is 0 Å². The largest absolute Gasteiger partial charge is 0.459 e. The number of nitrogens with zero attached hydrogens (tertiary/aromatic N) is 2. The standard InChI is InChI=1S/C11H11IN2O2/c1-7(2)16-11(15)8-4-3-5-14-6-13-10(12)9(8)14/h3-7H,1-2H3. The van der Waals surface area contributed by atoms with Crippen LogP contribution in [0.1, 0.15) is 24.2 Å². The number of halogens is 1. The van der Waals surface area contributed by atoms with Gasteiger partial charge in [-0.2, -0.15) is 0 Å². The van der Waals surface area contributed by atoms with Crippen LogP contribution in [0.3, 0.4) is 0 Å². The fourth-order valence-electron chi connectivity index (χ4n) is 1.45. The Hall–Kier alpha value is -1.11. The minimum Gasteiger partial charge on any atom is -0.459 e. The molecule has 2 aromatic heterocycles. The van der Waals surface area contributed by atoms with Gasteiger partial charge in [0, 0.05) is 6.20 Å². The zero-order valence-corrected chi connectivity index (χ0v) is 11.1. The minimum atomic E-state index is -0.306. The molecule has 2 rings (SSSR count). The number of aromatic nitrogens is 2. The molecule has 16 heavy (non-hydrogen) atoms. The molecule has 0 N–H and O–H groups in total. The fourth-order valence-corrected chi connectivity index (χ4v) is 2.15. The lowest BCUT2D eigenvalue weighted by molar-refractivity contribution is 0.0380. The van der Waals surface area contributed by atoms with E-state index in [-0.39, 0.29) is 12.1 Å². The minimum absolute atomic E-state index is 0.117. The van der Waals surface area contributed by atoms with Gasteiger partial charge < -0.3 is 9.14 Å². The maximum atomic E-state index is 11.9.